The summed E-state index contributed by atoms with van der Waals surface area (Å²) in [6.45, 7) is 0.384. The lowest BCUT2D eigenvalue weighted by Gasteiger charge is -2.08. The Morgan fingerprint density at radius 2 is 2.05 bits per heavy atom. The van der Waals surface area contributed by atoms with Crippen molar-refractivity contribution in [3.05, 3.63) is 66.2 Å². The van der Waals surface area contributed by atoms with Crippen molar-refractivity contribution in [1.29, 1.82) is 0 Å². The molecule has 108 valence electrons. The number of aromatic nitrogens is 2. The zero-order chi connectivity index (χ0) is 15.1. The van der Waals surface area contributed by atoms with Crippen molar-refractivity contribution >= 4 is 28.0 Å². The molecule has 4 rings (SSSR count). The molecule has 0 saturated heterocycles. The van der Waals surface area contributed by atoms with E-state index in [0.717, 1.165) is 22.1 Å². The van der Waals surface area contributed by atoms with E-state index in [4.69, 9.17) is 4.42 Å². The molecule has 0 amide bonds. The van der Waals surface area contributed by atoms with Crippen LogP contribution in [-0.2, 0) is 6.54 Å². The monoisotopic (exact) mass is 292 g/mol. The predicted octanol–water partition coefficient (Wildman–Crippen LogP) is 3.53. The Morgan fingerprint density at radius 3 is 2.91 bits per heavy atom. The van der Waals surface area contributed by atoms with Gasteiger partial charge >= 0.3 is 5.97 Å². The second-order valence-corrected chi connectivity index (χ2v) is 5.09. The van der Waals surface area contributed by atoms with Crippen molar-refractivity contribution in [2.24, 2.45) is 0 Å². The first-order valence-electron chi connectivity index (χ1n) is 6.87. The second kappa shape index (κ2) is 4.73. The molecule has 5 nitrogen and oxygen atoms in total. The Morgan fingerprint density at radius 1 is 1.18 bits per heavy atom. The zero-order valence-electron chi connectivity index (χ0n) is 11.6. The Hall–Kier alpha value is -3.08. The maximum atomic E-state index is 11.4. The van der Waals surface area contributed by atoms with Crippen molar-refractivity contribution < 1.29 is 14.3 Å². The minimum atomic E-state index is -0.979. The van der Waals surface area contributed by atoms with Gasteiger partial charge in [0.15, 0.2) is 5.58 Å². The Balaban J connectivity index is 1.82. The highest BCUT2D eigenvalue weighted by Crippen LogP contribution is 2.22. The zero-order valence-corrected chi connectivity index (χ0v) is 11.6. The van der Waals surface area contributed by atoms with Gasteiger partial charge in [-0.1, -0.05) is 24.3 Å². The van der Waals surface area contributed by atoms with Crippen LogP contribution in [0.3, 0.4) is 0 Å². The lowest BCUT2D eigenvalue weighted by atomic mass is 10.2. The Bertz CT molecular complexity index is 997. The second-order valence-electron chi connectivity index (χ2n) is 5.09. The van der Waals surface area contributed by atoms with E-state index in [-0.39, 0.29) is 5.69 Å². The summed E-state index contributed by atoms with van der Waals surface area (Å²) in [7, 11) is 0. The highest BCUT2D eigenvalue weighted by Gasteiger charge is 2.17. The van der Waals surface area contributed by atoms with Crippen LogP contribution in [0.25, 0.3) is 22.0 Å². The van der Waals surface area contributed by atoms with E-state index in [2.05, 4.69) is 4.98 Å². The molecule has 22 heavy (non-hydrogen) atoms. The molecule has 0 atom stereocenters. The SMILES string of the molecule is O=C(O)c1cc2occc2n1Cc1ccc2ccccc2n1. The van der Waals surface area contributed by atoms with Crippen LogP contribution in [0, 0.1) is 0 Å². The summed E-state index contributed by atoms with van der Waals surface area (Å²) < 4.78 is 7.00. The van der Waals surface area contributed by atoms with Gasteiger partial charge in [0.05, 0.1) is 29.5 Å². The molecule has 1 aromatic carbocycles. The van der Waals surface area contributed by atoms with Gasteiger partial charge in [-0.3, -0.25) is 4.98 Å². The number of carbonyl (C=O) groups is 1. The number of hydrogen-bond donors (Lipinski definition) is 1. The fourth-order valence-electron chi connectivity index (χ4n) is 2.68. The third kappa shape index (κ3) is 1.95. The van der Waals surface area contributed by atoms with E-state index in [1.807, 2.05) is 36.4 Å². The standard InChI is InChI=1S/C17H12N2O3/c20-17(21)15-9-16-14(7-8-22-16)19(15)10-12-6-5-11-3-1-2-4-13(11)18-12/h1-9H,10H2,(H,20,21). The molecule has 0 fully saturated rings. The molecule has 0 unspecified atom stereocenters. The van der Waals surface area contributed by atoms with Gasteiger partial charge in [0.25, 0.3) is 0 Å². The normalized spacial score (nSPS) is 11.3. The largest absolute Gasteiger partial charge is 0.477 e. The fourth-order valence-corrected chi connectivity index (χ4v) is 2.68. The molecule has 4 aromatic rings. The van der Waals surface area contributed by atoms with Crippen LogP contribution in [0.2, 0.25) is 0 Å². The quantitative estimate of drug-likeness (QED) is 0.627. The van der Waals surface area contributed by atoms with E-state index >= 15 is 0 Å². The maximum Gasteiger partial charge on any atom is 0.352 e. The lowest BCUT2D eigenvalue weighted by Crippen LogP contribution is -2.10. The predicted molar refractivity (Wildman–Crippen MR) is 82.0 cm³/mol. The van der Waals surface area contributed by atoms with Crippen molar-refractivity contribution in [3.8, 4) is 0 Å². The van der Waals surface area contributed by atoms with Gasteiger partial charge < -0.3 is 14.1 Å². The molecule has 3 aromatic heterocycles. The number of aromatic carboxylic acids is 1. The van der Waals surface area contributed by atoms with Gasteiger partial charge in [0.2, 0.25) is 0 Å². The summed E-state index contributed by atoms with van der Waals surface area (Å²) in [4.78, 5) is 16.0. The van der Waals surface area contributed by atoms with Crippen LogP contribution in [0.5, 0.6) is 0 Å². The number of benzene rings is 1. The average molecular weight is 292 g/mol. The van der Waals surface area contributed by atoms with Gasteiger partial charge in [0.1, 0.15) is 5.69 Å². The fraction of sp³-hybridized carbons (Fsp3) is 0.0588. The van der Waals surface area contributed by atoms with Crippen molar-refractivity contribution in [2.45, 2.75) is 6.54 Å². The molecule has 5 heteroatoms. The topological polar surface area (TPSA) is 68.3 Å². The third-order valence-electron chi connectivity index (χ3n) is 3.72. The van der Waals surface area contributed by atoms with E-state index in [0.29, 0.717) is 12.1 Å². The van der Waals surface area contributed by atoms with Gasteiger partial charge in [-0.2, -0.15) is 0 Å². The van der Waals surface area contributed by atoms with Gasteiger partial charge in [-0.25, -0.2) is 4.79 Å². The van der Waals surface area contributed by atoms with Crippen LogP contribution < -0.4 is 0 Å². The summed E-state index contributed by atoms with van der Waals surface area (Å²) in [6, 6.07) is 15.1. The minimum absolute atomic E-state index is 0.198. The summed E-state index contributed by atoms with van der Waals surface area (Å²) >= 11 is 0. The first-order chi connectivity index (χ1) is 10.7. The van der Waals surface area contributed by atoms with E-state index < -0.39 is 5.97 Å². The lowest BCUT2D eigenvalue weighted by molar-refractivity contribution is 0.0686. The van der Waals surface area contributed by atoms with Crippen molar-refractivity contribution in [2.75, 3.05) is 0 Å². The number of carboxylic acid groups (broad SMARTS) is 1. The van der Waals surface area contributed by atoms with Crippen LogP contribution in [0.1, 0.15) is 16.2 Å². The number of fused-ring (bicyclic) bond motifs is 2. The highest BCUT2D eigenvalue weighted by atomic mass is 16.4. The molecule has 0 bridgehead atoms. The summed E-state index contributed by atoms with van der Waals surface area (Å²) in [5, 5.41) is 10.4. The molecular weight excluding hydrogens is 280 g/mol. The average Bonchev–Trinajstić information content (AvgIpc) is 3.10. The molecule has 3 heterocycles. The molecular formula is C17H12N2O3. The number of carboxylic acids is 1. The number of pyridine rings is 1. The molecule has 1 N–H and O–H groups in total. The number of rotatable bonds is 3. The number of nitrogens with zero attached hydrogens (tertiary/aromatic N) is 2. The Kier molecular flexibility index (Phi) is 2.72. The van der Waals surface area contributed by atoms with Gasteiger partial charge in [0, 0.05) is 17.5 Å². The molecule has 0 aliphatic rings. The highest BCUT2D eigenvalue weighted by molar-refractivity contribution is 5.92. The van der Waals surface area contributed by atoms with Crippen molar-refractivity contribution in [3.63, 3.8) is 0 Å². The maximum absolute atomic E-state index is 11.4. The third-order valence-corrected chi connectivity index (χ3v) is 3.72. The van der Waals surface area contributed by atoms with Crippen LogP contribution in [0.4, 0.5) is 0 Å². The molecule has 0 saturated carbocycles. The Labute approximate surface area is 125 Å². The van der Waals surface area contributed by atoms with Crippen LogP contribution in [0.15, 0.2) is 59.2 Å². The molecule has 0 spiro atoms. The van der Waals surface area contributed by atoms with Gasteiger partial charge in [-0.05, 0) is 12.1 Å². The summed E-state index contributed by atoms with van der Waals surface area (Å²) in [5.41, 5.74) is 3.22. The first kappa shape index (κ1) is 12.6. The van der Waals surface area contributed by atoms with E-state index in [1.165, 1.54) is 0 Å². The minimum Gasteiger partial charge on any atom is -0.477 e. The van der Waals surface area contributed by atoms with E-state index in [1.54, 1.807) is 23.0 Å². The van der Waals surface area contributed by atoms with Crippen molar-refractivity contribution in [1.82, 2.24) is 9.55 Å². The number of hydrogen-bond acceptors (Lipinski definition) is 3. The van der Waals surface area contributed by atoms with Crippen LogP contribution in [-0.4, -0.2) is 20.6 Å². The van der Waals surface area contributed by atoms with Gasteiger partial charge in [-0.15, -0.1) is 0 Å². The number of furan rings is 1. The van der Waals surface area contributed by atoms with Crippen LogP contribution >= 0.6 is 0 Å². The van der Waals surface area contributed by atoms with E-state index in [9.17, 15) is 9.90 Å². The first-order valence-corrected chi connectivity index (χ1v) is 6.87. The summed E-state index contributed by atoms with van der Waals surface area (Å²) in [5.74, 6) is -0.979. The summed E-state index contributed by atoms with van der Waals surface area (Å²) in [6.07, 6.45) is 1.56. The molecule has 0 aliphatic heterocycles. The smallest absolute Gasteiger partial charge is 0.352 e. The molecule has 0 radical (unpaired) electrons. The molecule has 0 aliphatic carbocycles. The number of para-hydroxylation sites is 1.